The average molecular weight is 282 g/mol. The molecule has 3 N–H and O–H groups in total. The number of hydrogen-bond donors (Lipinski definition) is 2. The van der Waals surface area contributed by atoms with E-state index in [2.05, 4.69) is 4.72 Å². The van der Waals surface area contributed by atoms with Crippen LogP contribution in [0.4, 0.5) is 5.69 Å². The molecule has 0 saturated heterocycles. The zero-order valence-electron chi connectivity index (χ0n) is 11.9. The lowest BCUT2D eigenvalue weighted by Gasteiger charge is -2.27. The van der Waals surface area contributed by atoms with Crippen molar-refractivity contribution in [1.82, 2.24) is 4.72 Å². The van der Waals surface area contributed by atoms with Crippen molar-refractivity contribution in [3.8, 4) is 0 Å². The summed E-state index contributed by atoms with van der Waals surface area (Å²) < 4.78 is 28.1. The number of sulfonamides is 1. The van der Waals surface area contributed by atoms with Crippen LogP contribution in [0.2, 0.25) is 0 Å². The van der Waals surface area contributed by atoms with Crippen molar-refractivity contribution in [2.45, 2.75) is 51.0 Å². The maximum Gasteiger partial charge on any atom is 0.241 e. The molecule has 0 atom stereocenters. The number of nitrogen functional groups attached to an aromatic ring is 1. The summed E-state index contributed by atoms with van der Waals surface area (Å²) in [6.07, 6.45) is 2.18. The van der Waals surface area contributed by atoms with E-state index < -0.39 is 15.6 Å². The Kier molecular flexibility index (Phi) is 3.39. The molecule has 1 aromatic carbocycles. The summed E-state index contributed by atoms with van der Waals surface area (Å²) in [6.45, 7) is 7.44. The fraction of sp³-hybridized carbons (Fsp3) is 0.571. The van der Waals surface area contributed by atoms with Gasteiger partial charge in [-0.25, -0.2) is 13.1 Å². The molecule has 0 heterocycles. The van der Waals surface area contributed by atoms with E-state index in [9.17, 15) is 8.42 Å². The summed E-state index contributed by atoms with van der Waals surface area (Å²) >= 11 is 0. The van der Waals surface area contributed by atoms with E-state index in [-0.39, 0.29) is 0 Å². The molecule has 2 rings (SSSR count). The number of nitrogens with one attached hydrogen (secondary N) is 1. The van der Waals surface area contributed by atoms with Crippen molar-refractivity contribution < 1.29 is 8.42 Å². The van der Waals surface area contributed by atoms with Gasteiger partial charge < -0.3 is 5.73 Å². The molecule has 4 nitrogen and oxygen atoms in total. The second-order valence-electron chi connectivity index (χ2n) is 6.03. The maximum atomic E-state index is 12.6. The van der Waals surface area contributed by atoms with E-state index in [1.807, 2.05) is 13.8 Å². The summed E-state index contributed by atoms with van der Waals surface area (Å²) in [4.78, 5) is 0.321. The standard InChI is InChI=1S/C14H22N2O2S/c1-9-5-8-12(15)10(2)13(9)19(17,18)16-14(3,4)11-6-7-11/h5,8,11,16H,6-7,15H2,1-4H3. The number of aryl methyl sites for hydroxylation is 1. The minimum Gasteiger partial charge on any atom is -0.398 e. The molecule has 1 saturated carbocycles. The molecule has 0 aliphatic heterocycles. The summed E-state index contributed by atoms with van der Waals surface area (Å²) in [5.41, 5.74) is 7.29. The number of rotatable bonds is 4. The Morgan fingerprint density at radius 2 is 1.84 bits per heavy atom. The lowest BCUT2D eigenvalue weighted by molar-refractivity contribution is 0.400. The number of nitrogens with two attached hydrogens (primary N) is 1. The molecule has 0 radical (unpaired) electrons. The third kappa shape index (κ3) is 2.77. The maximum absolute atomic E-state index is 12.6. The first-order valence-corrected chi connectivity index (χ1v) is 8.03. The van der Waals surface area contributed by atoms with Gasteiger partial charge in [-0.15, -0.1) is 0 Å². The summed E-state index contributed by atoms with van der Waals surface area (Å²) in [6, 6.07) is 3.50. The van der Waals surface area contributed by atoms with E-state index in [0.717, 1.165) is 18.4 Å². The van der Waals surface area contributed by atoms with Crippen molar-refractivity contribution in [2.75, 3.05) is 5.73 Å². The fourth-order valence-electron chi connectivity index (χ4n) is 2.54. The molecule has 0 amide bonds. The predicted molar refractivity (Wildman–Crippen MR) is 77.5 cm³/mol. The van der Waals surface area contributed by atoms with Gasteiger partial charge in [-0.1, -0.05) is 6.07 Å². The van der Waals surface area contributed by atoms with Gasteiger partial charge in [-0.3, -0.25) is 0 Å². The topological polar surface area (TPSA) is 72.2 Å². The van der Waals surface area contributed by atoms with Gasteiger partial charge in [-0.2, -0.15) is 0 Å². The molecule has 0 aromatic heterocycles. The normalized spacial score (nSPS) is 16.6. The average Bonchev–Trinajstić information content (AvgIpc) is 3.05. The fourth-order valence-corrected chi connectivity index (χ4v) is 4.52. The Balaban J connectivity index is 2.43. The zero-order valence-corrected chi connectivity index (χ0v) is 12.8. The summed E-state index contributed by atoms with van der Waals surface area (Å²) in [5.74, 6) is 0.434. The number of benzene rings is 1. The van der Waals surface area contributed by atoms with Gasteiger partial charge in [0.25, 0.3) is 0 Å². The van der Waals surface area contributed by atoms with E-state index in [1.165, 1.54) is 0 Å². The van der Waals surface area contributed by atoms with E-state index in [4.69, 9.17) is 5.73 Å². The summed E-state index contributed by atoms with van der Waals surface area (Å²) in [7, 11) is -3.54. The van der Waals surface area contributed by atoms with Crippen molar-refractivity contribution in [3.05, 3.63) is 23.3 Å². The third-order valence-electron chi connectivity index (χ3n) is 3.91. The molecule has 1 aliphatic rings. The Hall–Kier alpha value is -1.07. The smallest absolute Gasteiger partial charge is 0.241 e. The molecule has 106 valence electrons. The monoisotopic (exact) mass is 282 g/mol. The van der Waals surface area contributed by atoms with Gasteiger partial charge in [-0.05, 0) is 63.6 Å². The van der Waals surface area contributed by atoms with Crippen LogP contribution in [0.5, 0.6) is 0 Å². The highest BCUT2D eigenvalue weighted by Gasteiger charge is 2.41. The van der Waals surface area contributed by atoms with Crippen LogP contribution >= 0.6 is 0 Å². The second-order valence-corrected chi connectivity index (χ2v) is 7.65. The van der Waals surface area contributed by atoms with E-state index >= 15 is 0 Å². The Morgan fingerprint density at radius 1 is 1.26 bits per heavy atom. The van der Waals surface area contributed by atoms with Gasteiger partial charge in [0.1, 0.15) is 0 Å². The second kappa shape index (κ2) is 4.49. The highest BCUT2D eigenvalue weighted by Crippen LogP contribution is 2.40. The Bertz CT molecular complexity index is 602. The van der Waals surface area contributed by atoms with Crippen molar-refractivity contribution in [1.29, 1.82) is 0 Å². The van der Waals surface area contributed by atoms with Gasteiger partial charge in [0.2, 0.25) is 10.0 Å². The lowest BCUT2D eigenvalue weighted by atomic mass is 10.0. The van der Waals surface area contributed by atoms with Crippen LogP contribution in [-0.2, 0) is 10.0 Å². The van der Waals surface area contributed by atoms with Gasteiger partial charge in [0.05, 0.1) is 4.90 Å². The van der Waals surface area contributed by atoms with Gasteiger partial charge >= 0.3 is 0 Å². The van der Waals surface area contributed by atoms with Crippen LogP contribution in [0.3, 0.4) is 0 Å². The van der Waals surface area contributed by atoms with Crippen LogP contribution in [0, 0.1) is 19.8 Å². The van der Waals surface area contributed by atoms with E-state index in [0.29, 0.717) is 22.1 Å². The van der Waals surface area contributed by atoms with Gasteiger partial charge in [0.15, 0.2) is 0 Å². The molecule has 19 heavy (non-hydrogen) atoms. The van der Waals surface area contributed by atoms with Crippen LogP contribution in [0.15, 0.2) is 17.0 Å². The first-order valence-electron chi connectivity index (χ1n) is 6.55. The SMILES string of the molecule is Cc1ccc(N)c(C)c1S(=O)(=O)NC(C)(C)C1CC1. The number of hydrogen-bond acceptors (Lipinski definition) is 3. The first-order chi connectivity index (χ1) is 8.65. The predicted octanol–water partition coefficient (Wildman–Crippen LogP) is 2.35. The molecular formula is C14H22N2O2S. The summed E-state index contributed by atoms with van der Waals surface area (Å²) in [5, 5.41) is 0. The minimum absolute atomic E-state index is 0.321. The van der Waals surface area contributed by atoms with Crippen LogP contribution in [-0.4, -0.2) is 14.0 Å². The number of anilines is 1. The molecular weight excluding hydrogens is 260 g/mol. The Labute approximate surface area is 115 Å². The van der Waals surface area contributed by atoms with Crippen molar-refractivity contribution >= 4 is 15.7 Å². The molecule has 0 spiro atoms. The highest BCUT2D eigenvalue weighted by atomic mass is 32.2. The third-order valence-corrected chi connectivity index (χ3v) is 5.87. The van der Waals surface area contributed by atoms with Gasteiger partial charge in [0, 0.05) is 11.2 Å². The minimum atomic E-state index is -3.54. The molecule has 1 aliphatic carbocycles. The van der Waals surface area contributed by atoms with Crippen LogP contribution in [0.1, 0.15) is 37.8 Å². The van der Waals surface area contributed by atoms with Crippen LogP contribution in [0.25, 0.3) is 0 Å². The first kappa shape index (κ1) is 14.3. The van der Waals surface area contributed by atoms with Crippen molar-refractivity contribution in [3.63, 3.8) is 0 Å². The van der Waals surface area contributed by atoms with Crippen molar-refractivity contribution in [2.24, 2.45) is 5.92 Å². The zero-order chi connectivity index (χ0) is 14.4. The highest BCUT2D eigenvalue weighted by molar-refractivity contribution is 7.89. The Morgan fingerprint density at radius 3 is 2.37 bits per heavy atom. The molecule has 1 aromatic rings. The molecule has 0 bridgehead atoms. The molecule has 1 fully saturated rings. The van der Waals surface area contributed by atoms with Crippen LogP contribution < -0.4 is 10.5 Å². The quantitative estimate of drug-likeness (QED) is 0.833. The lowest BCUT2D eigenvalue weighted by Crippen LogP contribution is -2.45. The molecule has 0 unspecified atom stereocenters. The van der Waals surface area contributed by atoms with E-state index in [1.54, 1.807) is 26.0 Å². The largest absolute Gasteiger partial charge is 0.398 e. The molecule has 5 heteroatoms.